The molecule has 1 unspecified atom stereocenters. The van der Waals surface area contributed by atoms with Crippen molar-refractivity contribution >= 4 is 17.2 Å². The predicted molar refractivity (Wildman–Crippen MR) is 99.9 cm³/mol. The molecule has 0 radical (unpaired) electrons. The highest BCUT2D eigenvalue weighted by atomic mass is 32.1. The summed E-state index contributed by atoms with van der Waals surface area (Å²) in [7, 11) is 2.11. The average Bonchev–Trinajstić information content (AvgIpc) is 3.25. The fourth-order valence-corrected chi connectivity index (χ4v) is 4.90. The van der Waals surface area contributed by atoms with E-state index in [1.165, 1.54) is 0 Å². The van der Waals surface area contributed by atoms with E-state index < -0.39 is 0 Å². The van der Waals surface area contributed by atoms with E-state index in [-0.39, 0.29) is 17.4 Å². The van der Waals surface area contributed by atoms with Crippen molar-refractivity contribution in [2.24, 2.45) is 11.3 Å². The smallest absolute Gasteiger partial charge is 0.233 e. The molecule has 6 nitrogen and oxygen atoms in total. The first-order chi connectivity index (χ1) is 12.4. The van der Waals surface area contributed by atoms with Crippen LogP contribution in [0.15, 0.2) is 21.2 Å². The highest BCUT2D eigenvalue weighted by Crippen LogP contribution is 2.47. The van der Waals surface area contributed by atoms with Crippen LogP contribution in [0.4, 0.5) is 0 Å². The summed E-state index contributed by atoms with van der Waals surface area (Å²) < 4.78 is 5.91. The fraction of sp³-hybridized carbons (Fsp3) is 0.632. The van der Waals surface area contributed by atoms with E-state index in [2.05, 4.69) is 41.4 Å². The molecule has 140 valence electrons. The van der Waals surface area contributed by atoms with E-state index in [0.717, 1.165) is 49.8 Å². The van der Waals surface area contributed by atoms with Crippen LogP contribution in [0.3, 0.4) is 0 Å². The van der Waals surface area contributed by atoms with Gasteiger partial charge in [0.15, 0.2) is 0 Å². The maximum absolute atomic E-state index is 12.4. The fourth-order valence-electron chi connectivity index (χ4n) is 4.23. The quantitative estimate of drug-likeness (QED) is 0.805. The summed E-state index contributed by atoms with van der Waals surface area (Å²) in [4.78, 5) is 16.7. The molecular formula is C19H26N4O2S. The molecule has 0 aromatic carbocycles. The molecule has 26 heavy (non-hydrogen) atoms. The zero-order valence-corrected chi connectivity index (χ0v) is 16.5. The molecule has 2 aromatic heterocycles. The van der Waals surface area contributed by atoms with Crippen molar-refractivity contribution in [1.29, 1.82) is 0 Å². The Hall–Kier alpha value is -1.73. The van der Waals surface area contributed by atoms with Gasteiger partial charge in [0.1, 0.15) is 0 Å². The molecule has 0 aliphatic carbocycles. The van der Waals surface area contributed by atoms with E-state index in [0.29, 0.717) is 12.3 Å². The van der Waals surface area contributed by atoms with Crippen LogP contribution in [0.25, 0.3) is 0 Å². The molecule has 0 bridgehead atoms. The molecular weight excluding hydrogens is 348 g/mol. The summed E-state index contributed by atoms with van der Waals surface area (Å²) in [5.41, 5.74) is 1.29. The van der Waals surface area contributed by atoms with Crippen molar-refractivity contribution in [1.82, 2.24) is 20.0 Å². The van der Waals surface area contributed by atoms with E-state index >= 15 is 0 Å². The minimum atomic E-state index is 0.164. The Kier molecular flexibility index (Phi) is 4.61. The van der Waals surface area contributed by atoms with Crippen molar-refractivity contribution in [2.75, 3.05) is 26.7 Å². The topological polar surface area (TPSA) is 62.5 Å². The number of nitrogens with zero attached hydrogens (tertiary/aromatic N) is 4. The second kappa shape index (κ2) is 6.78. The highest BCUT2D eigenvalue weighted by Gasteiger charge is 2.53. The molecule has 1 atom stereocenters. The molecule has 2 fully saturated rings. The third-order valence-corrected chi connectivity index (χ3v) is 6.17. The van der Waals surface area contributed by atoms with Gasteiger partial charge < -0.3 is 9.32 Å². The van der Waals surface area contributed by atoms with Gasteiger partial charge in [0, 0.05) is 31.5 Å². The number of carbonyl (C=O) groups is 1. The van der Waals surface area contributed by atoms with Crippen LogP contribution >= 0.6 is 11.3 Å². The standard InChI is InChI=1S/C19H26N4O2S/c1-13(2)6-16-20-21-18(25-16)15-8-19(10-22(15)3)11-23(12-19)17(24)7-14-4-5-26-9-14/h4-5,9,13,15H,6-8,10-12H2,1-3H3. The van der Waals surface area contributed by atoms with Crippen molar-refractivity contribution in [3.63, 3.8) is 0 Å². The summed E-state index contributed by atoms with van der Waals surface area (Å²) in [6, 6.07) is 2.19. The Balaban J connectivity index is 1.36. The summed E-state index contributed by atoms with van der Waals surface area (Å²) in [6.07, 6.45) is 2.32. The van der Waals surface area contributed by atoms with Crippen molar-refractivity contribution in [2.45, 2.75) is 39.2 Å². The molecule has 4 heterocycles. The summed E-state index contributed by atoms with van der Waals surface area (Å²) in [5.74, 6) is 2.19. The van der Waals surface area contributed by atoms with Crippen LogP contribution in [0.5, 0.6) is 0 Å². The minimum Gasteiger partial charge on any atom is -0.424 e. The molecule has 1 spiro atoms. The van der Waals surface area contributed by atoms with Gasteiger partial charge in [0.05, 0.1) is 12.5 Å². The van der Waals surface area contributed by atoms with Crippen LogP contribution in [0.2, 0.25) is 0 Å². The maximum Gasteiger partial charge on any atom is 0.233 e. The Labute approximate surface area is 158 Å². The van der Waals surface area contributed by atoms with Gasteiger partial charge in [-0.25, -0.2) is 0 Å². The number of hydrogen-bond acceptors (Lipinski definition) is 6. The second-order valence-electron chi connectivity index (χ2n) is 8.33. The minimum absolute atomic E-state index is 0.164. The lowest BCUT2D eigenvalue weighted by molar-refractivity contribution is -0.141. The number of carbonyl (C=O) groups excluding carboxylic acids is 1. The largest absolute Gasteiger partial charge is 0.424 e. The first kappa shape index (κ1) is 17.7. The van der Waals surface area contributed by atoms with E-state index in [1.807, 2.05) is 16.3 Å². The zero-order chi connectivity index (χ0) is 18.3. The highest BCUT2D eigenvalue weighted by molar-refractivity contribution is 7.08. The van der Waals surface area contributed by atoms with Crippen molar-refractivity contribution < 1.29 is 9.21 Å². The van der Waals surface area contributed by atoms with Gasteiger partial charge in [-0.05, 0) is 41.8 Å². The third-order valence-electron chi connectivity index (χ3n) is 5.43. The predicted octanol–water partition coefficient (Wildman–Crippen LogP) is 2.78. The SMILES string of the molecule is CC(C)Cc1nnc(C2CC3(CN(C(=O)Cc4ccsc4)C3)CN2C)o1. The number of amides is 1. The molecule has 7 heteroatoms. The van der Waals surface area contributed by atoms with Crippen LogP contribution < -0.4 is 0 Å². The lowest BCUT2D eigenvalue weighted by atomic mass is 9.77. The first-order valence-electron chi connectivity index (χ1n) is 9.25. The number of likely N-dealkylation sites (tertiary alicyclic amines) is 2. The van der Waals surface area contributed by atoms with Gasteiger partial charge in [-0.2, -0.15) is 11.3 Å². The molecule has 0 N–H and O–H groups in total. The van der Waals surface area contributed by atoms with Crippen molar-refractivity contribution in [3.8, 4) is 0 Å². The van der Waals surface area contributed by atoms with Gasteiger partial charge in [-0.3, -0.25) is 9.69 Å². The van der Waals surface area contributed by atoms with Crippen LogP contribution in [-0.2, 0) is 17.6 Å². The van der Waals surface area contributed by atoms with E-state index in [1.54, 1.807) is 11.3 Å². The summed E-state index contributed by atoms with van der Waals surface area (Å²) in [5, 5.41) is 12.6. The molecule has 2 aromatic rings. The van der Waals surface area contributed by atoms with Crippen LogP contribution in [0, 0.1) is 11.3 Å². The Morgan fingerprint density at radius 2 is 2.19 bits per heavy atom. The number of aromatic nitrogens is 2. The summed E-state index contributed by atoms with van der Waals surface area (Å²) >= 11 is 1.64. The number of thiophene rings is 1. The van der Waals surface area contributed by atoms with Gasteiger partial charge in [-0.1, -0.05) is 13.8 Å². The molecule has 4 rings (SSSR count). The molecule has 2 aliphatic rings. The van der Waals surface area contributed by atoms with Crippen LogP contribution in [-0.4, -0.2) is 52.6 Å². The second-order valence-corrected chi connectivity index (χ2v) is 9.11. The average molecular weight is 375 g/mol. The lowest BCUT2D eigenvalue weighted by Crippen LogP contribution is -2.59. The Morgan fingerprint density at radius 3 is 2.88 bits per heavy atom. The third kappa shape index (κ3) is 3.42. The molecule has 1 amide bonds. The van der Waals surface area contributed by atoms with Crippen molar-refractivity contribution in [3.05, 3.63) is 34.2 Å². The van der Waals surface area contributed by atoms with Gasteiger partial charge in [-0.15, -0.1) is 10.2 Å². The normalized spacial score (nSPS) is 22.3. The van der Waals surface area contributed by atoms with E-state index in [9.17, 15) is 4.79 Å². The van der Waals surface area contributed by atoms with Gasteiger partial charge in [0.25, 0.3) is 0 Å². The zero-order valence-electron chi connectivity index (χ0n) is 15.6. The van der Waals surface area contributed by atoms with E-state index in [4.69, 9.17) is 4.42 Å². The van der Waals surface area contributed by atoms with Gasteiger partial charge >= 0.3 is 0 Å². The Bertz CT molecular complexity index is 764. The molecule has 2 saturated heterocycles. The monoisotopic (exact) mass is 374 g/mol. The van der Waals surface area contributed by atoms with Gasteiger partial charge in [0.2, 0.25) is 17.7 Å². The number of hydrogen-bond donors (Lipinski definition) is 0. The number of rotatable bonds is 5. The molecule has 2 aliphatic heterocycles. The Morgan fingerprint density at radius 1 is 1.38 bits per heavy atom. The van der Waals surface area contributed by atoms with Crippen LogP contribution in [0.1, 0.15) is 43.7 Å². The summed E-state index contributed by atoms with van der Waals surface area (Å²) in [6.45, 7) is 6.95. The lowest BCUT2D eigenvalue weighted by Gasteiger charge is -2.48. The maximum atomic E-state index is 12.4. The molecule has 0 saturated carbocycles. The first-order valence-corrected chi connectivity index (χ1v) is 10.2.